The molecule has 1 unspecified atom stereocenters. The van der Waals surface area contributed by atoms with Crippen LogP contribution in [0, 0.1) is 0 Å². The minimum atomic E-state index is 0.334. The topological polar surface area (TPSA) is 38.5 Å². The number of likely N-dealkylation sites (N-methyl/N-ethyl adjacent to an activating group) is 1. The molecule has 0 radical (unpaired) electrons. The summed E-state index contributed by atoms with van der Waals surface area (Å²) in [6.07, 6.45) is 0.914. The number of benzene rings is 2. The molecule has 0 saturated carbocycles. The average Bonchev–Trinajstić information content (AvgIpc) is 2.47. The Balaban J connectivity index is 2.17. The van der Waals surface area contributed by atoms with Crippen molar-refractivity contribution < 1.29 is 4.74 Å². The van der Waals surface area contributed by atoms with Crippen LogP contribution in [0.5, 0.6) is 5.75 Å². The van der Waals surface area contributed by atoms with Crippen LogP contribution in [0.15, 0.2) is 46.9 Å². The first kappa shape index (κ1) is 15.7. The molecule has 0 aliphatic carbocycles. The van der Waals surface area contributed by atoms with Gasteiger partial charge in [-0.3, -0.25) is 0 Å². The van der Waals surface area contributed by atoms with E-state index in [4.69, 9.17) is 10.5 Å². The molecule has 0 bridgehead atoms. The number of para-hydroxylation sites is 1. The van der Waals surface area contributed by atoms with E-state index in [1.807, 2.05) is 36.4 Å². The fourth-order valence-electron chi connectivity index (χ4n) is 2.37. The first-order valence-corrected chi connectivity index (χ1v) is 7.72. The zero-order valence-electron chi connectivity index (χ0n) is 12.6. The summed E-state index contributed by atoms with van der Waals surface area (Å²) in [4.78, 5) is 2.25. The molecule has 2 rings (SSSR count). The van der Waals surface area contributed by atoms with Crippen LogP contribution in [-0.2, 0) is 6.42 Å². The second-order valence-corrected chi connectivity index (χ2v) is 6.04. The van der Waals surface area contributed by atoms with Gasteiger partial charge in [-0.05, 0) is 59.1 Å². The summed E-state index contributed by atoms with van der Waals surface area (Å²) >= 11 is 3.58. The van der Waals surface area contributed by atoms with Gasteiger partial charge in [-0.15, -0.1) is 0 Å². The third kappa shape index (κ3) is 3.70. The van der Waals surface area contributed by atoms with Gasteiger partial charge < -0.3 is 15.4 Å². The number of hydrogen-bond donors (Lipinski definition) is 1. The maximum atomic E-state index is 5.80. The zero-order valence-corrected chi connectivity index (χ0v) is 14.2. The van der Waals surface area contributed by atoms with Crippen LogP contribution in [0.25, 0.3) is 0 Å². The Hall–Kier alpha value is -1.68. The van der Waals surface area contributed by atoms with Crippen LogP contribution >= 0.6 is 15.9 Å². The van der Waals surface area contributed by atoms with Crippen molar-refractivity contribution in [3.05, 3.63) is 52.5 Å². The van der Waals surface area contributed by atoms with Gasteiger partial charge in [0.25, 0.3) is 0 Å². The Morgan fingerprint density at radius 3 is 2.62 bits per heavy atom. The summed E-state index contributed by atoms with van der Waals surface area (Å²) in [5.74, 6) is 0.939. The van der Waals surface area contributed by atoms with E-state index >= 15 is 0 Å². The summed E-state index contributed by atoms with van der Waals surface area (Å²) in [6.45, 7) is 2.20. The molecule has 4 heteroatoms. The summed E-state index contributed by atoms with van der Waals surface area (Å²) in [5, 5.41) is 0. The number of ether oxygens (including phenoxy) is 1. The molecule has 0 saturated heterocycles. The van der Waals surface area contributed by atoms with Gasteiger partial charge in [-0.1, -0.05) is 18.2 Å². The number of nitrogens with zero attached hydrogens (tertiary/aromatic N) is 1. The van der Waals surface area contributed by atoms with E-state index in [1.54, 1.807) is 7.11 Å². The van der Waals surface area contributed by atoms with Gasteiger partial charge in [0.15, 0.2) is 0 Å². The number of nitrogen functional groups attached to an aromatic ring is 1. The first-order chi connectivity index (χ1) is 10.0. The molecule has 21 heavy (non-hydrogen) atoms. The lowest BCUT2D eigenvalue weighted by Crippen LogP contribution is -2.31. The molecular formula is C17H21BrN2O. The van der Waals surface area contributed by atoms with E-state index in [0.29, 0.717) is 6.04 Å². The normalized spacial score (nSPS) is 12.0. The maximum Gasteiger partial charge on any atom is 0.122 e. The molecule has 112 valence electrons. The standard InChI is InChI=1S/C17H21BrN2O/c1-12(10-13-6-4-5-7-17(13)21-3)20(2)16-9-8-14(19)11-15(16)18/h4-9,11-12H,10,19H2,1-3H3. The quantitative estimate of drug-likeness (QED) is 0.826. The molecule has 0 fully saturated rings. The van der Waals surface area contributed by atoms with Gasteiger partial charge in [0.05, 0.1) is 12.8 Å². The van der Waals surface area contributed by atoms with E-state index in [9.17, 15) is 0 Å². The molecule has 3 nitrogen and oxygen atoms in total. The highest BCUT2D eigenvalue weighted by Gasteiger charge is 2.15. The maximum absolute atomic E-state index is 5.80. The lowest BCUT2D eigenvalue weighted by Gasteiger charge is -2.28. The summed E-state index contributed by atoms with van der Waals surface area (Å²) in [5.41, 5.74) is 8.91. The minimum absolute atomic E-state index is 0.334. The van der Waals surface area contributed by atoms with Crippen LogP contribution in [0.2, 0.25) is 0 Å². The second kappa shape index (κ2) is 6.85. The minimum Gasteiger partial charge on any atom is -0.496 e. The van der Waals surface area contributed by atoms with Crippen LogP contribution in [0.3, 0.4) is 0 Å². The number of anilines is 2. The Morgan fingerprint density at radius 2 is 1.95 bits per heavy atom. The monoisotopic (exact) mass is 348 g/mol. The lowest BCUT2D eigenvalue weighted by molar-refractivity contribution is 0.408. The van der Waals surface area contributed by atoms with Gasteiger partial charge in [-0.2, -0.15) is 0 Å². The largest absolute Gasteiger partial charge is 0.496 e. The summed E-state index contributed by atoms with van der Waals surface area (Å²) < 4.78 is 6.44. The number of halogens is 1. The molecule has 1 atom stereocenters. The summed E-state index contributed by atoms with van der Waals surface area (Å²) in [7, 11) is 3.81. The Morgan fingerprint density at radius 1 is 1.24 bits per heavy atom. The molecule has 2 aromatic carbocycles. The summed E-state index contributed by atoms with van der Waals surface area (Å²) in [6, 6.07) is 14.4. The van der Waals surface area contributed by atoms with E-state index in [0.717, 1.165) is 28.0 Å². The highest BCUT2D eigenvalue weighted by Crippen LogP contribution is 2.30. The molecule has 2 aromatic rings. The van der Waals surface area contributed by atoms with Crippen molar-refractivity contribution in [2.75, 3.05) is 24.8 Å². The van der Waals surface area contributed by atoms with Crippen molar-refractivity contribution in [2.24, 2.45) is 0 Å². The zero-order chi connectivity index (χ0) is 15.4. The van der Waals surface area contributed by atoms with Crippen molar-refractivity contribution in [3.8, 4) is 5.75 Å². The predicted molar refractivity (Wildman–Crippen MR) is 93.1 cm³/mol. The fourth-order valence-corrected chi connectivity index (χ4v) is 3.05. The van der Waals surface area contributed by atoms with Crippen molar-refractivity contribution in [3.63, 3.8) is 0 Å². The third-order valence-corrected chi connectivity index (χ3v) is 4.36. The first-order valence-electron chi connectivity index (χ1n) is 6.92. The van der Waals surface area contributed by atoms with Gasteiger partial charge in [0.1, 0.15) is 5.75 Å². The van der Waals surface area contributed by atoms with Crippen molar-refractivity contribution >= 4 is 27.3 Å². The number of rotatable bonds is 5. The molecule has 0 amide bonds. The highest BCUT2D eigenvalue weighted by atomic mass is 79.9. The molecule has 0 aliphatic heterocycles. The van der Waals surface area contributed by atoms with E-state index in [-0.39, 0.29) is 0 Å². The molecule has 0 spiro atoms. The van der Waals surface area contributed by atoms with Gasteiger partial charge in [-0.25, -0.2) is 0 Å². The SMILES string of the molecule is COc1ccccc1CC(C)N(C)c1ccc(N)cc1Br. The molecule has 2 N–H and O–H groups in total. The van der Waals surface area contributed by atoms with E-state index < -0.39 is 0 Å². The Labute approximate surface area is 134 Å². The van der Waals surface area contributed by atoms with Crippen LogP contribution in [-0.4, -0.2) is 20.2 Å². The van der Waals surface area contributed by atoms with E-state index in [2.05, 4.69) is 40.9 Å². The fraction of sp³-hybridized carbons (Fsp3) is 0.294. The van der Waals surface area contributed by atoms with Crippen LogP contribution < -0.4 is 15.4 Å². The molecule has 0 aliphatic rings. The second-order valence-electron chi connectivity index (χ2n) is 5.19. The van der Waals surface area contributed by atoms with Crippen molar-refractivity contribution in [1.82, 2.24) is 0 Å². The number of methoxy groups -OCH3 is 1. The lowest BCUT2D eigenvalue weighted by atomic mass is 10.0. The third-order valence-electron chi connectivity index (χ3n) is 3.72. The Bertz CT molecular complexity index is 615. The van der Waals surface area contributed by atoms with Crippen molar-refractivity contribution in [2.45, 2.75) is 19.4 Å². The van der Waals surface area contributed by atoms with Crippen molar-refractivity contribution in [1.29, 1.82) is 0 Å². The van der Waals surface area contributed by atoms with Crippen LogP contribution in [0.4, 0.5) is 11.4 Å². The van der Waals surface area contributed by atoms with Gasteiger partial charge >= 0.3 is 0 Å². The highest BCUT2D eigenvalue weighted by molar-refractivity contribution is 9.10. The molecule has 0 heterocycles. The van der Waals surface area contributed by atoms with Crippen LogP contribution in [0.1, 0.15) is 12.5 Å². The smallest absolute Gasteiger partial charge is 0.122 e. The molecule has 0 aromatic heterocycles. The Kier molecular flexibility index (Phi) is 5.12. The van der Waals surface area contributed by atoms with Gasteiger partial charge in [0.2, 0.25) is 0 Å². The number of nitrogens with two attached hydrogens (primary N) is 1. The van der Waals surface area contributed by atoms with Gasteiger partial charge in [0, 0.05) is 23.2 Å². The molecular weight excluding hydrogens is 328 g/mol. The average molecular weight is 349 g/mol. The predicted octanol–water partition coefficient (Wildman–Crippen LogP) is 4.11. The van der Waals surface area contributed by atoms with E-state index in [1.165, 1.54) is 5.56 Å². The number of hydrogen-bond acceptors (Lipinski definition) is 3.